The van der Waals surface area contributed by atoms with Crippen molar-refractivity contribution in [1.29, 1.82) is 0 Å². The number of halogens is 1. The Bertz CT molecular complexity index is 849. The van der Waals surface area contributed by atoms with Gasteiger partial charge in [0.25, 0.3) is 0 Å². The fraction of sp³-hybridized carbons (Fsp3) is 0.158. The van der Waals surface area contributed by atoms with Crippen LogP contribution in [0, 0.1) is 0 Å². The van der Waals surface area contributed by atoms with Crippen LogP contribution in [0.25, 0.3) is 10.8 Å². The molecule has 3 aromatic rings. The first-order valence-electron chi connectivity index (χ1n) is 7.64. The van der Waals surface area contributed by atoms with Gasteiger partial charge in [-0.2, -0.15) is 0 Å². The quantitative estimate of drug-likeness (QED) is 0.664. The molecule has 1 atom stereocenters. The monoisotopic (exact) mass is 356 g/mol. The third-order valence-electron chi connectivity index (χ3n) is 3.76. The van der Waals surface area contributed by atoms with Crippen molar-refractivity contribution >= 4 is 40.0 Å². The van der Waals surface area contributed by atoms with E-state index in [2.05, 4.69) is 10.3 Å². The van der Waals surface area contributed by atoms with Crippen molar-refractivity contribution < 1.29 is 4.79 Å². The smallest absolute Gasteiger partial charge is 0.230 e. The number of fused-ring (bicyclic) bond motifs is 1. The highest BCUT2D eigenvalue weighted by atomic mass is 35.5. The van der Waals surface area contributed by atoms with Crippen LogP contribution in [0.5, 0.6) is 0 Å². The molecule has 0 bridgehead atoms. The largest absolute Gasteiger partial charge is 0.349 e. The maximum absolute atomic E-state index is 12.2. The summed E-state index contributed by atoms with van der Waals surface area (Å²) in [5.41, 5.74) is 1.04. The molecule has 3 nitrogen and oxygen atoms in total. The number of rotatable bonds is 5. The standard InChI is InChI=1S/C19H17ClN2OS/c1-13(14-8-10-21-11-9-14)22-18(23)12-24-17-7-3-5-15-4-2-6-16(20)19(15)17/h2-11,13H,12H2,1H3,(H,22,23). The van der Waals surface area contributed by atoms with Gasteiger partial charge in [-0.25, -0.2) is 0 Å². The summed E-state index contributed by atoms with van der Waals surface area (Å²) in [4.78, 5) is 17.2. The van der Waals surface area contributed by atoms with Crippen LogP contribution in [0.2, 0.25) is 5.02 Å². The molecule has 0 spiro atoms. The van der Waals surface area contributed by atoms with E-state index >= 15 is 0 Å². The van der Waals surface area contributed by atoms with Crippen molar-refractivity contribution in [1.82, 2.24) is 10.3 Å². The maximum atomic E-state index is 12.2. The number of carbonyl (C=O) groups is 1. The number of benzene rings is 2. The zero-order chi connectivity index (χ0) is 16.9. The predicted molar refractivity (Wildman–Crippen MR) is 100 cm³/mol. The second kappa shape index (κ2) is 7.69. The van der Waals surface area contributed by atoms with Crippen LogP contribution in [0.4, 0.5) is 0 Å². The summed E-state index contributed by atoms with van der Waals surface area (Å²) < 4.78 is 0. The van der Waals surface area contributed by atoms with Crippen LogP contribution >= 0.6 is 23.4 Å². The molecule has 0 saturated carbocycles. The minimum absolute atomic E-state index is 0.00614. The number of nitrogens with one attached hydrogen (secondary N) is 1. The van der Waals surface area contributed by atoms with Crippen LogP contribution in [0.1, 0.15) is 18.5 Å². The van der Waals surface area contributed by atoms with E-state index in [1.165, 1.54) is 11.8 Å². The van der Waals surface area contributed by atoms with Crippen molar-refractivity contribution in [3.63, 3.8) is 0 Å². The van der Waals surface area contributed by atoms with E-state index in [4.69, 9.17) is 11.6 Å². The van der Waals surface area contributed by atoms with Gasteiger partial charge in [-0.3, -0.25) is 9.78 Å². The Morgan fingerprint density at radius 2 is 1.88 bits per heavy atom. The highest BCUT2D eigenvalue weighted by molar-refractivity contribution is 8.00. The topological polar surface area (TPSA) is 42.0 Å². The van der Waals surface area contributed by atoms with E-state index in [-0.39, 0.29) is 11.9 Å². The van der Waals surface area contributed by atoms with Gasteiger partial charge in [-0.05, 0) is 42.1 Å². The summed E-state index contributed by atoms with van der Waals surface area (Å²) in [5, 5.41) is 5.80. The van der Waals surface area contributed by atoms with Crippen molar-refractivity contribution in [3.8, 4) is 0 Å². The summed E-state index contributed by atoms with van der Waals surface area (Å²) in [6.07, 6.45) is 3.45. The Kier molecular flexibility index (Phi) is 5.38. The molecule has 1 unspecified atom stereocenters. The molecule has 0 saturated heterocycles. The molecule has 0 aliphatic heterocycles. The lowest BCUT2D eigenvalue weighted by Gasteiger charge is -2.14. The first-order chi connectivity index (χ1) is 11.6. The SMILES string of the molecule is CC(NC(=O)CSc1cccc2cccc(Cl)c12)c1ccncc1. The molecule has 3 rings (SSSR count). The van der Waals surface area contributed by atoms with Gasteiger partial charge in [0.2, 0.25) is 5.91 Å². The van der Waals surface area contributed by atoms with E-state index in [0.717, 1.165) is 21.2 Å². The molecule has 5 heteroatoms. The van der Waals surface area contributed by atoms with Gasteiger partial charge in [0.1, 0.15) is 0 Å². The average Bonchev–Trinajstić information content (AvgIpc) is 2.61. The Morgan fingerprint density at radius 1 is 1.17 bits per heavy atom. The number of hydrogen-bond acceptors (Lipinski definition) is 3. The molecule has 1 aromatic heterocycles. The van der Waals surface area contributed by atoms with Crippen LogP contribution in [-0.4, -0.2) is 16.6 Å². The Morgan fingerprint density at radius 3 is 2.62 bits per heavy atom. The second-order valence-electron chi connectivity index (χ2n) is 5.45. The molecular weight excluding hydrogens is 340 g/mol. The highest BCUT2D eigenvalue weighted by Crippen LogP contribution is 2.33. The van der Waals surface area contributed by atoms with Crippen LogP contribution in [0.15, 0.2) is 65.8 Å². The Hall–Kier alpha value is -2.04. The van der Waals surface area contributed by atoms with Gasteiger partial charge in [0.05, 0.1) is 11.8 Å². The lowest BCUT2D eigenvalue weighted by Crippen LogP contribution is -2.28. The Labute approximate surface area is 150 Å². The summed E-state index contributed by atoms with van der Waals surface area (Å²) in [6.45, 7) is 1.96. The number of thioether (sulfide) groups is 1. The minimum Gasteiger partial charge on any atom is -0.349 e. The number of amides is 1. The average molecular weight is 357 g/mol. The number of hydrogen-bond donors (Lipinski definition) is 1. The van der Waals surface area contributed by atoms with Gasteiger partial charge < -0.3 is 5.32 Å². The number of aromatic nitrogens is 1. The molecule has 0 aliphatic carbocycles. The van der Waals surface area contributed by atoms with Crippen molar-refractivity contribution in [2.75, 3.05) is 5.75 Å². The van der Waals surface area contributed by atoms with E-state index in [9.17, 15) is 4.79 Å². The molecule has 122 valence electrons. The zero-order valence-corrected chi connectivity index (χ0v) is 14.8. The molecule has 1 heterocycles. The van der Waals surface area contributed by atoms with Gasteiger partial charge in [-0.1, -0.05) is 35.9 Å². The van der Waals surface area contributed by atoms with Gasteiger partial charge in [0.15, 0.2) is 0 Å². The van der Waals surface area contributed by atoms with E-state index < -0.39 is 0 Å². The van der Waals surface area contributed by atoms with Gasteiger partial charge in [0, 0.05) is 27.7 Å². The van der Waals surface area contributed by atoms with E-state index in [1.54, 1.807) is 12.4 Å². The number of pyridine rings is 1. The summed E-state index contributed by atoms with van der Waals surface area (Å²) >= 11 is 7.82. The van der Waals surface area contributed by atoms with Crippen LogP contribution in [0.3, 0.4) is 0 Å². The lowest BCUT2D eigenvalue weighted by atomic mass is 10.1. The van der Waals surface area contributed by atoms with Gasteiger partial charge in [-0.15, -0.1) is 11.8 Å². The zero-order valence-electron chi connectivity index (χ0n) is 13.2. The molecule has 0 aliphatic rings. The van der Waals surface area contributed by atoms with Gasteiger partial charge >= 0.3 is 0 Å². The van der Waals surface area contributed by atoms with Crippen LogP contribution in [-0.2, 0) is 4.79 Å². The highest BCUT2D eigenvalue weighted by Gasteiger charge is 2.11. The van der Waals surface area contributed by atoms with Crippen molar-refractivity contribution in [2.24, 2.45) is 0 Å². The number of nitrogens with zero attached hydrogens (tertiary/aromatic N) is 1. The fourth-order valence-electron chi connectivity index (χ4n) is 2.54. The van der Waals surface area contributed by atoms with Crippen LogP contribution < -0.4 is 5.32 Å². The third-order valence-corrected chi connectivity index (χ3v) is 5.13. The Balaban J connectivity index is 1.67. The van der Waals surface area contributed by atoms with Crippen molar-refractivity contribution in [2.45, 2.75) is 17.9 Å². The summed E-state index contributed by atoms with van der Waals surface area (Å²) in [6, 6.07) is 15.6. The fourth-order valence-corrected chi connectivity index (χ4v) is 3.80. The number of carbonyl (C=O) groups excluding carboxylic acids is 1. The van der Waals surface area contributed by atoms with E-state index in [1.807, 2.05) is 55.5 Å². The molecule has 0 radical (unpaired) electrons. The molecule has 24 heavy (non-hydrogen) atoms. The lowest BCUT2D eigenvalue weighted by molar-refractivity contribution is -0.119. The molecular formula is C19H17ClN2OS. The summed E-state index contributed by atoms with van der Waals surface area (Å²) in [7, 11) is 0. The maximum Gasteiger partial charge on any atom is 0.230 e. The first kappa shape index (κ1) is 16.8. The third kappa shape index (κ3) is 3.89. The second-order valence-corrected chi connectivity index (χ2v) is 6.88. The first-order valence-corrected chi connectivity index (χ1v) is 9.01. The molecule has 1 N–H and O–H groups in total. The van der Waals surface area contributed by atoms with E-state index in [0.29, 0.717) is 10.8 Å². The minimum atomic E-state index is -0.0443. The molecule has 2 aromatic carbocycles. The normalized spacial score (nSPS) is 12.1. The van der Waals surface area contributed by atoms with Crippen molar-refractivity contribution in [3.05, 3.63) is 71.5 Å². The molecule has 1 amide bonds. The summed E-state index contributed by atoms with van der Waals surface area (Å²) in [5.74, 6) is 0.341. The predicted octanol–water partition coefficient (Wildman–Crippen LogP) is 4.86. The molecule has 0 fully saturated rings.